The summed E-state index contributed by atoms with van der Waals surface area (Å²) in [5.74, 6) is 0.0130. The molecule has 0 amide bonds. The molecule has 0 bridgehead atoms. The normalized spacial score (nSPS) is 25.3. The molecular weight excluding hydrogens is 466 g/mol. The second-order valence-electron chi connectivity index (χ2n) is 7.04. The van der Waals surface area contributed by atoms with Crippen molar-refractivity contribution in [2.24, 2.45) is 0 Å². The van der Waals surface area contributed by atoms with Gasteiger partial charge in [0.25, 0.3) is 0 Å². The number of aliphatic hydroxyl groups is 1. The van der Waals surface area contributed by atoms with E-state index in [0.29, 0.717) is 6.42 Å². The van der Waals surface area contributed by atoms with Crippen molar-refractivity contribution in [1.82, 2.24) is 5.32 Å². The zero-order chi connectivity index (χ0) is 18.8. The molecule has 0 unspecified atom stereocenters. The highest BCUT2D eigenvalue weighted by Gasteiger charge is 2.38. The molecule has 27 heavy (non-hydrogen) atoms. The van der Waals surface area contributed by atoms with Crippen LogP contribution in [0, 0.1) is 0 Å². The van der Waals surface area contributed by atoms with Gasteiger partial charge in [-0.1, -0.05) is 86.5 Å². The summed E-state index contributed by atoms with van der Waals surface area (Å²) in [6.45, 7) is 0. The third-order valence-corrected chi connectivity index (χ3v) is 6.37. The smallest absolute Gasteiger partial charge is 0.0645 e. The number of hydrogen-bond acceptors (Lipinski definition) is 2. The summed E-state index contributed by atoms with van der Waals surface area (Å²) in [6.07, 6.45) is 0.268. The van der Waals surface area contributed by atoms with Gasteiger partial charge in [0, 0.05) is 26.9 Å². The fraction of sp³-hybridized carbons (Fsp3) is 0.217. The van der Waals surface area contributed by atoms with Crippen molar-refractivity contribution in [1.29, 1.82) is 0 Å². The molecule has 1 fully saturated rings. The fourth-order valence-corrected chi connectivity index (χ4v) is 4.52. The van der Waals surface area contributed by atoms with Crippen molar-refractivity contribution >= 4 is 31.9 Å². The molecule has 4 atom stereocenters. The average molecular weight is 487 g/mol. The van der Waals surface area contributed by atoms with E-state index >= 15 is 0 Å². The molecule has 1 aliphatic heterocycles. The molecule has 4 heteroatoms. The summed E-state index contributed by atoms with van der Waals surface area (Å²) in [4.78, 5) is 0. The Hall–Kier alpha value is -1.46. The van der Waals surface area contributed by atoms with Gasteiger partial charge in [-0.05, 0) is 47.4 Å². The Balaban J connectivity index is 1.71. The van der Waals surface area contributed by atoms with E-state index in [2.05, 4.69) is 97.8 Å². The van der Waals surface area contributed by atoms with Gasteiger partial charge >= 0.3 is 0 Å². The molecule has 0 radical (unpaired) electrons. The van der Waals surface area contributed by atoms with E-state index in [1.807, 2.05) is 18.2 Å². The molecule has 138 valence electrons. The second kappa shape index (κ2) is 8.27. The largest absolute Gasteiger partial charge is 0.392 e. The molecule has 1 heterocycles. The molecule has 3 aromatic rings. The number of aliphatic hydroxyl groups excluding tert-OH is 1. The van der Waals surface area contributed by atoms with Crippen molar-refractivity contribution in [3.63, 3.8) is 0 Å². The Morgan fingerprint density at radius 3 is 1.85 bits per heavy atom. The first-order valence-corrected chi connectivity index (χ1v) is 10.7. The third kappa shape index (κ3) is 4.19. The van der Waals surface area contributed by atoms with Crippen LogP contribution in [0.5, 0.6) is 0 Å². The quantitative estimate of drug-likeness (QED) is 0.466. The van der Waals surface area contributed by atoms with Gasteiger partial charge in [-0.2, -0.15) is 0 Å². The van der Waals surface area contributed by atoms with E-state index < -0.39 is 6.10 Å². The molecule has 4 rings (SSSR count). The van der Waals surface area contributed by atoms with E-state index in [-0.39, 0.29) is 18.0 Å². The highest BCUT2D eigenvalue weighted by Crippen LogP contribution is 2.43. The highest BCUT2D eigenvalue weighted by atomic mass is 79.9. The maximum absolute atomic E-state index is 11.1. The van der Waals surface area contributed by atoms with E-state index in [9.17, 15) is 5.11 Å². The molecule has 0 saturated carbocycles. The van der Waals surface area contributed by atoms with Gasteiger partial charge in [0.15, 0.2) is 0 Å². The summed E-state index contributed by atoms with van der Waals surface area (Å²) in [5.41, 5.74) is 3.55. The van der Waals surface area contributed by atoms with Crippen LogP contribution >= 0.6 is 31.9 Å². The molecular formula is C23H21Br2NO. The number of nitrogens with one attached hydrogen (secondary N) is 1. The number of piperidine rings is 1. The first-order valence-electron chi connectivity index (χ1n) is 9.12. The van der Waals surface area contributed by atoms with Crippen LogP contribution in [-0.2, 0) is 0 Å². The van der Waals surface area contributed by atoms with Crippen molar-refractivity contribution in [3.8, 4) is 0 Å². The first-order chi connectivity index (χ1) is 13.1. The molecule has 0 aromatic heterocycles. The second-order valence-corrected chi connectivity index (χ2v) is 8.87. The van der Waals surface area contributed by atoms with E-state index in [1.54, 1.807) is 0 Å². The van der Waals surface area contributed by atoms with E-state index in [1.165, 1.54) is 16.7 Å². The monoisotopic (exact) mass is 485 g/mol. The lowest BCUT2D eigenvalue weighted by Crippen LogP contribution is -2.43. The van der Waals surface area contributed by atoms with Crippen LogP contribution < -0.4 is 5.32 Å². The van der Waals surface area contributed by atoms with Crippen molar-refractivity contribution in [3.05, 3.63) is 104 Å². The van der Waals surface area contributed by atoms with Crippen LogP contribution in [0.4, 0.5) is 0 Å². The zero-order valence-corrected chi connectivity index (χ0v) is 17.9. The predicted molar refractivity (Wildman–Crippen MR) is 117 cm³/mol. The summed E-state index contributed by atoms with van der Waals surface area (Å²) >= 11 is 7.03. The SMILES string of the molecule is O[C@@H]1C[C@H](c2ccc(Br)cc2)N[C@@H](c2ccc(Br)cc2)[C@@H]1c1ccccc1. The Bertz CT molecular complexity index is 881. The lowest BCUT2D eigenvalue weighted by Gasteiger charge is -2.42. The minimum absolute atomic E-state index is 0.0130. The van der Waals surface area contributed by atoms with Crippen LogP contribution in [0.15, 0.2) is 87.8 Å². The van der Waals surface area contributed by atoms with Gasteiger partial charge < -0.3 is 10.4 Å². The lowest BCUT2D eigenvalue weighted by atomic mass is 9.76. The van der Waals surface area contributed by atoms with Gasteiger partial charge in [-0.25, -0.2) is 0 Å². The van der Waals surface area contributed by atoms with Crippen LogP contribution in [0.2, 0.25) is 0 Å². The molecule has 1 saturated heterocycles. The standard InChI is InChI=1S/C23H21Br2NO/c24-18-10-6-15(7-11-18)20-14-21(27)22(16-4-2-1-3-5-16)23(26-20)17-8-12-19(25)13-9-17/h1-13,20-23,26-27H,14H2/t20-,21-,22-,23+/m1/s1. The lowest BCUT2D eigenvalue weighted by molar-refractivity contribution is 0.0681. The number of rotatable bonds is 3. The first kappa shape index (κ1) is 18.9. The molecule has 2 N–H and O–H groups in total. The van der Waals surface area contributed by atoms with Gasteiger partial charge in [-0.3, -0.25) is 0 Å². The average Bonchev–Trinajstić information content (AvgIpc) is 2.69. The molecule has 2 nitrogen and oxygen atoms in total. The zero-order valence-electron chi connectivity index (χ0n) is 14.7. The summed E-state index contributed by atoms with van der Waals surface area (Å²) in [7, 11) is 0. The third-order valence-electron chi connectivity index (χ3n) is 5.32. The molecule has 0 spiro atoms. The number of halogens is 2. The Labute approximate surface area is 176 Å². The van der Waals surface area contributed by atoms with Crippen LogP contribution in [0.3, 0.4) is 0 Å². The fourth-order valence-electron chi connectivity index (χ4n) is 3.99. The summed E-state index contributed by atoms with van der Waals surface area (Å²) in [5, 5.41) is 14.9. The predicted octanol–water partition coefficient (Wildman–Crippen LogP) is 6.13. The van der Waals surface area contributed by atoms with Gasteiger partial charge in [-0.15, -0.1) is 0 Å². The summed E-state index contributed by atoms with van der Waals surface area (Å²) in [6, 6.07) is 27.2. The van der Waals surface area contributed by atoms with Crippen LogP contribution in [-0.4, -0.2) is 11.2 Å². The van der Waals surface area contributed by atoms with Gasteiger partial charge in [0.1, 0.15) is 0 Å². The van der Waals surface area contributed by atoms with E-state index in [0.717, 1.165) is 8.95 Å². The maximum Gasteiger partial charge on any atom is 0.0645 e. The van der Waals surface area contributed by atoms with Crippen molar-refractivity contribution in [2.75, 3.05) is 0 Å². The molecule has 1 aliphatic rings. The van der Waals surface area contributed by atoms with Crippen LogP contribution in [0.1, 0.15) is 41.1 Å². The maximum atomic E-state index is 11.1. The van der Waals surface area contributed by atoms with Gasteiger partial charge in [0.05, 0.1) is 6.10 Å². The molecule has 0 aliphatic carbocycles. The van der Waals surface area contributed by atoms with Gasteiger partial charge in [0.2, 0.25) is 0 Å². The van der Waals surface area contributed by atoms with E-state index in [4.69, 9.17) is 0 Å². The summed E-state index contributed by atoms with van der Waals surface area (Å²) < 4.78 is 2.12. The molecule has 3 aromatic carbocycles. The Morgan fingerprint density at radius 2 is 1.26 bits per heavy atom. The minimum atomic E-state index is -0.420. The number of benzene rings is 3. The minimum Gasteiger partial charge on any atom is -0.392 e. The highest BCUT2D eigenvalue weighted by molar-refractivity contribution is 9.10. The number of hydrogen-bond donors (Lipinski definition) is 2. The van der Waals surface area contributed by atoms with Crippen molar-refractivity contribution in [2.45, 2.75) is 30.5 Å². The topological polar surface area (TPSA) is 32.3 Å². The Morgan fingerprint density at radius 1 is 0.704 bits per heavy atom. The van der Waals surface area contributed by atoms with Crippen molar-refractivity contribution < 1.29 is 5.11 Å². The Kier molecular flexibility index (Phi) is 5.79. The van der Waals surface area contributed by atoms with Crippen LogP contribution in [0.25, 0.3) is 0 Å².